The highest BCUT2D eigenvalue weighted by Gasteiger charge is 2.17. The average Bonchev–Trinajstić information content (AvgIpc) is 2.72. The van der Waals surface area contributed by atoms with E-state index in [4.69, 9.17) is 14.6 Å². The van der Waals surface area contributed by atoms with Gasteiger partial charge in [-0.2, -0.15) is 0 Å². The third-order valence-electron chi connectivity index (χ3n) is 2.42. The van der Waals surface area contributed by atoms with Crippen molar-refractivity contribution >= 4 is 11.7 Å². The van der Waals surface area contributed by atoms with E-state index < -0.39 is 12.0 Å². The highest BCUT2D eigenvalue weighted by atomic mass is 16.7. The van der Waals surface area contributed by atoms with E-state index in [2.05, 4.69) is 5.32 Å². The second-order valence-corrected chi connectivity index (χ2v) is 3.51. The summed E-state index contributed by atoms with van der Waals surface area (Å²) in [5.74, 6) is 0.472. The number of hydrogen-bond donors (Lipinski definition) is 2. The van der Waals surface area contributed by atoms with Crippen molar-refractivity contribution in [3.05, 3.63) is 18.2 Å². The van der Waals surface area contributed by atoms with Crippen LogP contribution in [0.25, 0.3) is 0 Å². The molecule has 2 rings (SSSR count). The quantitative estimate of drug-likeness (QED) is 0.813. The fourth-order valence-corrected chi connectivity index (χ4v) is 1.53. The summed E-state index contributed by atoms with van der Waals surface area (Å²) in [4.78, 5) is 10.9. The molecule has 0 bridgehead atoms. The predicted octanol–water partition coefficient (Wildman–Crippen LogP) is 1.69. The Hall–Kier alpha value is -1.91. The van der Waals surface area contributed by atoms with E-state index in [0.717, 1.165) is 5.69 Å². The summed E-state index contributed by atoms with van der Waals surface area (Å²) < 4.78 is 10.4. The molecule has 1 unspecified atom stereocenters. The predicted molar refractivity (Wildman–Crippen MR) is 57.9 cm³/mol. The van der Waals surface area contributed by atoms with E-state index in [-0.39, 0.29) is 6.79 Å². The van der Waals surface area contributed by atoms with Gasteiger partial charge in [0, 0.05) is 11.8 Å². The number of carboxylic acids is 1. The van der Waals surface area contributed by atoms with Gasteiger partial charge < -0.3 is 19.9 Å². The minimum Gasteiger partial charge on any atom is -0.480 e. The standard InChI is InChI=1S/C11H13NO4/c1-2-8(11(13)14)12-7-3-4-9-10(5-7)16-6-15-9/h3-5,8,12H,2,6H2,1H3,(H,13,14). The number of benzene rings is 1. The van der Waals surface area contributed by atoms with Crippen LogP contribution in [-0.4, -0.2) is 23.9 Å². The van der Waals surface area contributed by atoms with E-state index in [1.54, 1.807) is 18.2 Å². The summed E-state index contributed by atoms with van der Waals surface area (Å²) in [6, 6.07) is 4.70. The first-order valence-corrected chi connectivity index (χ1v) is 5.09. The van der Waals surface area contributed by atoms with Crippen molar-refractivity contribution in [3.8, 4) is 11.5 Å². The number of nitrogens with one attached hydrogen (secondary N) is 1. The molecule has 0 aromatic heterocycles. The van der Waals surface area contributed by atoms with Crippen molar-refractivity contribution in [2.24, 2.45) is 0 Å². The monoisotopic (exact) mass is 223 g/mol. The minimum atomic E-state index is -0.861. The van der Waals surface area contributed by atoms with Crippen LogP contribution in [0.2, 0.25) is 0 Å². The van der Waals surface area contributed by atoms with Crippen LogP contribution >= 0.6 is 0 Å². The number of hydrogen-bond acceptors (Lipinski definition) is 4. The number of rotatable bonds is 4. The van der Waals surface area contributed by atoms with Crippen LogP contribution in [0.4, 0.5) is 5.69 Å². The van der Waals surface area contributed by atoms with Crippen LogP contribution < -0.4 is 14.8 Å². The van der Waals surface area contributed by atoms with Gasteiger partial charge in [0.25, 0.3) is 0 Å². The van der Waals surface area contributed by atoms with Crippen LogP contribution in [0.3, 0.4) is 0 Å². The SMILES string of the molecule is CCC(Nc1ccc2c(c1)OCO2)C(=O)O. The maximum absolute atomic E-state index is 10.9. The Labute approximate surface area is 93.0 Å². The van der Waals surface area contributed by atoms with Gasteiger partial charge in [-0.05, 0) is 18.6 Å². The van der Waals surface area contributed by atoms with Crippen molar-refractivity contribution < 1.29 is 19.4 Å². The van der Waals surface area contributed by atoms with E-state index >= 15 is 0 Å². The molecule has 86 valence electrons. The zero-order chi connectivity index (χ0) is 11.5. The molecule has 0 amide bonds. The Morgan fingerprint density at radius 2 is 2.25 bits per heavy atom. The molecule has 0 aliphatic carbocycles. The third kappa shape index (κ3) is 2.03. The van der Waals surface area contributed by atoms with Crippen LogP contribution in [0.1, 0.15) is 13.3 Å². The van der Waals surface area contributed by atoms with Gasteiger partial charge in [0.05, 0.1) is 0 Å². The van der Waals surface area contributed by atoms with Crippen molar-refractivity contribution in [3.63, 3.8) is 0 Å². The molecule has 1 aliphatic heterocycles. The third-order valence-corrected chi connectivity index (χ3v) is 2.42. The molecule has 1 atom stereocenters. The summed E-state index contributed by atoms with van der Waals surface area (Å²) in [5.41, 5.74) is 0.721. The Morgan fingerprint density at radius 3 is 2.94 bits per heavy atom. The molecule has 16 heavy (non-hydrogen) atoms. The molecule has 2 N–H and O–H groups in total. The molecule has 0 spiro atoms. The van der Waals surface area contributed by atoms with E-state index in [1.165, 1.54) is 0 Å². The van der Waals surface area contributed by atoms with E-state index in [0.29, 0.717) is 17.9 Å². The van der Waals surface area contributed by atoms with Crippen molar-refractivity contribution in [1.29, 1.82) is 0 Å². The molecule has 0 saturated carbocycles. The second kappa shape index (κ2) is 4.30. The van der Waals surface area contributed by atoms with Crippen molar-refractivity contribution in [1.82, 2.24) is 0 Å². The number of fused-ring (bicyclic) bond motifs is 1. The molecule has 0 saturated heterocycles. The molecular weight excluding hydrogens is 210 g/mol. The number of ether oxygens (including phenoxy) is 2. The normalized spacial score (nSPS) is 14.6. The average molecular weight is 223 g/mol. The lowest BCUT2D eigenvalue weighted by Gasteiger charge is -2.13. The molecule has 0 fully saturated rings. The van der Waals surface area contributed by atoms with Gasteiger partial charge >= 0.3 is 5.97 Å². The van der Waals surface area contributed by atoms with Gasteiger partial charge in [0.1, 0.15) is 6.04 Å². The lowest BCUT2D eigenvalue weighted by molar-refractivity contribution is -0.137. The maximum Gasteiger partial charge on any atom is 0.326 e. The van der Waals surface area contributed by atoms with Crippen LogP contribution in [0.15, 0.2) is 18.2 Å². The second-order valence-electron chi connectivity index (χ2n) is 3.51. The van der Waals surface area contributed by atoms with Gasteiger partial charge in [0.2, 0.25) is 6.79 Å². The lowest BCUT2D eigenvalue weighted by atomic mass is 10.2. The largest absolute Gasteiger partial charge is 0.480 e. The first kappa shape index (κ1) is 10.6. The molecule has 1 heterocycles. The molecule has 1 aliphatic rings. The first-order chi connectivity index (χ1) is 7.70. The Bertz CT molecular complexity index is 405. The number of anilines is 1. The number of carboxylic acid groups (broad SMARTS) is 1. The first-order valence-electron chi connectivity index (χ1n) is 5.09. The summed E-state index contributed by atoms with van der Waals surface area (Å²) in [6.45, 7) is 2.04. The van der Waals surface area contributed by atoms with Gasteiger partial charge in [-0.15, -0.1) is 0 Å². The minimum absolute atomic E-state index is 0.217. The molecule has 0 radical (unpaired) electrons. The van der Waals surface area contributed by atoms with Crippen LogP contribution in [0, 0.1) is 0 Å². The summed E-state index contributed by atoms with van der Waals surface area (Å²) in [5, 5.41) is 11.8. The van der Waals surface area contributed by atoms with Crippen LogP contribution in [0.5, 0.6) is 11.5 Å². The van der Waals surface area contributed by atoms with Gasteiger partial charge in [-0.3, -0.25) is 0 Å². The fraction of sp³-hybridized carbons (Fsp3) is 0.364. The molecule has 1 aromatic rings. The zero-order valence-corrected chi connectivity index (χ0v) is 8.90. The van der Waals surface area contributed by atoms with Gasteiger partial charge in [-0.25, -0.2) is 4.79 Å². The Morgan fingerprint density at radius 1 is 1.50 bits per heavy atom. The van der Waals surface area contributed by atoms with Gasteiger partial charge in [0.15, 0.2) is 11.5 Å². The van der Waals surface area contributed by atoms with Crippen LogP contribution in [-0.2, 0) is 4.79 Å². The molecule has 5 heteroatoms. The molecule has 1 aromatic carbocycles. The topological polar surface area (TPSA) is 67.8 Å². The Balaban J connectivity index is 2.13. The zero-order valence-electron chi connectivity index (χ0n) is 8.90. The maximum atomic E-state index is 10.9. The van der Waals surface area contributed by atoms with E-state index in [9.17, 15) is 4.79 Å². The molecule has 5 nitrogen and oxygen atoms in total. The summed E-state index contributed by atoms with van der Waals surface area (Å²) in [6.07, 6.45) is 0.518. The van der Waals surface area contributed by atoms with Crippen molar-refractivity contribution in [2.45, 2.75) is 19.4 Å². The fourth-order valence-electron chi connectivity index (χ4n) is 1.53. The number of carbonyl (C=O) groups is 1. The highest BCUT2D eigenvalue weighted by molar-refractivity contribution is 5.77. The Kier molecular flexibility index (Phi) is 2.85. The van der Waals surface area contributed by atoms with Gasteiger partial charge in [-0.1, -0.05) is 6.92 Å². The number of aliphatic carboxylic acids is 1. The van der Waals surface area contributed by atoms with Crippen molar-refractivity contribution in [2.75, 3.05) is 12.1 Å². The van der Waals surface area contributed by atoms with E-state index in [1.807, 2.05) is 6.92 Å². The highest BCUT2D eigenvalue weighted by Crippen LogP contribution is 2.34. The lowest BCUT2D eigenvalue weighted by Crippen LogP contribution is -2.28. The summed E-state index contributed by atoms with van der Waals surface area (Å²) in [7, 11) is 0. The summed E-state index contributed by atoms with van der Waals surface area (Å²) >= 11 is 0. The molecular formula is C11H13NO4. The smallest absolute Gasteiger partial charge is 0.326 e.